The van der Waals surface area contributed by atoms with Crippen molar-refractivity contribution in [3.8, 4) is 11.6 Å². The third kappa shape index (κ3) is 6.29. The summed E-state index contributed by atoms with van der Waals surface area (Å²) in [6.45, 7) is 3.89. The molecule has 9 heteroatoms. The summed E-state index contributed by atoms with van der Waals surface area (Å²) in [5, 5.41) is 11.8. The number of aromatic nitrogens is 2. The lowest BCUT2D eigenvalue weighted by atomic mass is 9.86. The van der Waals surface area contributed by atoms with E-state index in [2.05, 4.69) is 20.2 Å². The van der Waals surface area contributed by atoms with Crippen LogP contribution >= 0.6 is 11.6 Å². The second kappa shape index (κ2) is 9.73. The molecule has 29 heavy (non-hydrogen) atoms. The lowest BCUT2D eigenvalue weighted by Crippen LogP contribution is -2.37. The topological polar surface area (TPSA) is 93.2 Å². The van der Waals surface area contributed by atoms with E-state index < -0.39 is 15.3 Å². The van der Waals surface area contributed by atoms with Crippen LogP contribution in [0.5, 0.6) is 11.6 Å². The first-order valence-electron chi connectivity index (χ1n) is 9.84. The minimum absolute atomic E-state index is 0.303. The molecule has 1 aromatic heterocycles. The predicted molar refractivity (Wildman–Crippen MR) is 115 cm³/mol. The molecule has 0 bridgehead atoms. The third-order valence-electron chi connectivity index (χ3n) is 5.08. The molecule has 0 spiro atoms. The SMILES string of the molecule is CC(C)S(=O)(=O)NCC1CCC(Nc2ccc(Oc3ccccc3Cl)nn2)CC1. The highest BCUT2D eigenvalue weighted by Crippen LogP contribution is 2.29. The molecule has 1 heterocycles. The Balaban J connectivity index is 1.45. The van der Waals surface area contributed by atoms with Crippen molar-refractivity contribution >= 4 is 27.4 Å². The van der Waals surface area contributed by atoms with E-state index in [1.807, 2.05) is 18.2 Å². The van der Waals surface area contributed by atoms with Crippen LogP contribution in [0.2, 0.25) is 5.02 Å². The average Bonchev–Trinajstić information content (AvgIpc) is 2.70. The van der Waals surface area contributed by atoms with Crippen molar-refractivity contribution in [2.75, 3.05) is 11.9 Å². The molecule has 2 N–H and O–H groups in total. The zero-order chi connectivity index (χ0) is 20.9. The molecule has 0 radical (unpaired) electrons. The van der Waals surface area contributed by atoms with Crippen LogP contribution in [-0.4, -0.2) is 36.5 Å². The fourth-order valence-electron chi connectivity index (χ4n) is 3.21. The van der Waals surface area contributed by atoms with Gasteiger partial charge in [0.25, 0.3) is 0 Å². The number of rotatable bonds is 8. The van der Waals surface area contributed by atoms with Crippen LogP contribution in [0.25, 0.3) is 0 Å². The van der Waals surface area contributed by atoms with Crippen LogP contribution in [0.3, 0.4) is 0 Å². The summed E-state index contributed by atoms with van der Waals surface area (Å²) in [6.07, 6.45) is 3.88. The molecule has 158 valence electrons. The van der Waals surface area contributed by atoms with Crippen molar-refractivity contribution in [2.24, 2.45) is 5.92 Å². The van der Waals surface area contributed by atoms with E-state index in [-0.39, 0.29) is 0 Å². The Kier molecular flexibility index (Phi) is 7.32. The maximum Gasteiger partial charge on any atom is 0.239 e. The molecule has 1 aliphatic rings. The van der Waals surface area contributed by atoms with Crippen LogP contribution in [0.4, 0.5) is 5.82 Å². The Morgan fingerprint density at radius 2 is 1.83 bits per heavy atom. The summed E-state index contributed by atoms with van der Waals surface area (Å²) in [6, 6.07) is 11.1. The van der Waals surface area contributed by atoms with E-state index in [4.69, 9.17) is 16.3 Å². The predicted octanol–water partition coefficient (Wildman–Crippen LogP) is 4.22. The maximum absolute atomic E-state index is 11.9. The monoisotopic (exact) mass is 438 g/mol. The molecule has 7 nitrogen and oxygen atoms in total. The standard InChI is InChI=1S/C20H27ClN4O3S/c1-14(2)29(26,27)22-13-15-7-9-16(10-8-15)23-19-11-12-20(25-24-19)28-18-6-4-3-5-17(18)21/h3-6,11-12,14-16,22H,7-10,13H2,1-2H3,(H,23,24). The molecule has 0 atom stereocenters. The summed E-state index contributed by atoms with van der Waals surface area (Å²) in [4.78, 5) is 0. The first kappa shape index (κ1) is 21.8. The van der Waals surface area contributed by atoms with E-state index in [1.54, 1.807) is 32.0 Å². The van der Waals surface area contributed by atoms with Crippen LogP contribution < -0.4 is 14.8 Å². The van der Waals surface area contributed by atoms with Crippen molar-refractivity contribution < 1.29 is 13.2 Å². The smallest absolute Gasteiger partial charge is 0.239 e. The largest absolute Gasteiger partial charge is 0.436 e. The van der Waals surface area contributed by atoms with Gasteiger partial charge in [-0.2, -0.15) is 0 Å². The number of anilines is 1. The van der Waals surface area contributed by atoms with Crippen molar-refractivity contribution in [3.63, 3.8) is 0 Å². The second-order valence-corrected chi connectivity index (χ2v) is 10.3. The zero-order valence-electron chi connectivity index (χ0n) is 16.6. The molecular formula is C20H27ClN4O3S. The van der Waals surface area contributed by atoms with Gasteiger partial charge in [-0.3, -0.25) is 0 Å². The number of ether oxygens (including phenoxy) is 1. The highest BCUT2D eigenvalue weighted by atomic mass is 35.5. The molecule has 0 unspecified atom stereocenters. The quantitative estimate of drug-likeness (QED) is 0.640. The van der Waals surface area contributed by atoms with E-state index in [1.165, 1.54) is 0 Å². The van der Waals surface area contributed by atoms with E-state index in [0.717, 1.165) is 25.7 Å². The Hall–Kier alpha value is -1.90. The van der Waals surface area contributed by atoms with Crippen molar-refractivity contribution in [1.82, 2.24) is 14.9 Å². The number of nitrogens with zero attached hydrogens (tertiary/aromatic N) is 2. The Morgan fingerprint density at radius 3 is 2.45 bits per heavy atom. The summed E-state index contributed by atoms with van der Waals surface area (Å²) in [7, 11) is -3.19. The Bertz CT molecular complexity index is 898. The lowest BCUT2D eigenvalue weighted by molar-refractivity contribution is 0.336. The van der Waals surface area contributed by atoms with Gasteiger partial charge in [-0.1, -0.05) is 23.7 Å². The van der Waals surface area contributed by atoms with E-state index in [9.17, 15) is 8.42 Å². The highest BCUT2D eigenvalue weighted by molar-refractivity contribution is 7.90. The van der Waals surface area contributed by atoms with E-state index >= 15 is 0 Å². The molecule has 0 amide bonds. The molecule has 1 aliphatic carbocycles. The minimum atomic E-state index is -3.19. The fourth-order valence-corrected chi connectivity index (χ4v) is 4.19. The number of halogens is 1. The number of nitrogens with one attached hydrogen (secondary N) is 2. The number of sulfonamides is 1. The summed E-state index contributed by atoms with van der Waals surface area (Å²) >= 11 is 6.09. The normalized spacial score (nSPS) is 19.9. The number of hydrogen-bond donors (Lipinski definition) is 2. The first-order valence-corrected chi connectivity index (χ1v) is 11.8. The van der Waals surface area contributed by atoms with Gasteiger partial charge in [-0.25, -0.2) is 13.1 Å². The van der Waals surface area contributed by atoms with E-state index in [0.29, 0.717) is 41.0 Å². The minimum Gasteiger partial charge on any atom is -0.436 e. The van der Waals surface area contributed by atoms with Gasteiger partial charge in [0.1, 0.15) is 11.6 Å². The molecular weight excluding hydrogens is 412 g/mol. The molecule has 0 aliphatic heterocycles. The van der Waals surface area contributed by atoms with Crippen LogP contribution in [0, 0.1) is 5.92 Å². The fraction of sp³-hybridized carbons (Fsp3) is 0.500. The lowest BCUT2D eigenvalue weighted by Gasteiger charge is -2.29. The molecule has 3 rings (SSSR count). The van der Waals surface area contributed by atoms with Gasteiger partial charge in [-0.15, -0.1) is 10.2 Å². The third-order valence-corrected chi connectivity index (χ3v) is 7.21. The van der Waals surface area contributed by atoms with Gasteiger partial charge in [0.15, 0.2) is 0 Å². The van der Waals surface area contributed by atoms with Gasteiger partial charge in [0.05, 0.1) is 10.3 Å². The molecule has 2 aromatic rings. The molecule has 1 fully saturated rings. The van der Waals surface area contributed by atoms with Gasteiger partial charge < -0.3 is 10.1 Å². The Labute approximate surface area is 177 Å². The number of hydrogen-bond acceptors (Lipinski definition) is 6. The van der Waals surface area contributed by atoms with Gasteiger partial charge >= 0.3 is 0 Å². The maximum atomic E-state index is 11.9. The second-order valence-electron chi connectivity index (χ2n) is 7.59. The molecule has 1 saturated carbocycles. The van der Waals surface area contributed by atoms with Crippen molar-refractivity contribution in [1.29, 1.82) is 0 Å². The molecule has 0 saturated heterocycles. The number of para-hydroxylation sites is 1. The average molecular weight is 439 g/mol. The summed E-state index contributed by atoms with van der Waals surface area (Å²) < 4.78 is 32.1. The van der Waals surface area contributed by atoms with Crippen LogP contribution in [0.15, 0.2) is 36.4 Å². The van der Waals surface area contributed by atoms with Crippen LogP contribution in [0.1, 0.15) is 39.5 Å². The highest BCUT2D eigenvalue weighted by Gasteiger charge is 2.24. The van der Waals surface area contributed by atoms with Gasteiger partial charge in [-0.05, 0) is 63.6 Å². The van der Waals surface area contributed by atoms with Gasteiger partial charge in [0.2, 0.25) is 15.9 Å². The van der Waals surface area contributed by atoms with Crippen molar-refractivity contribution in [2.45, 2.75) is 50.8 Å². The van der Waals surface area contributed by atoms with Crippen LogP contribution in [-0.2, 0) is 10.0 Å². The van der Waals surface area contributed by atoms with Crippen molar-refractivity contribution in [3.05, 3.63) is 41.4 Å². The number of benzene rings is 1. The Morgan fingerprint density at radius 1 is 1.10 bits per heavy atom. The zero-order valence-corrected chi connectivity index (χ0v) is 18.2. The first-order chi connectivity index (χ1) is 13.8. The van der Waals surface area contributed by atoms with Gasteiger partial charge in [0, 0.05) is 18.7 Å². The summed E-state index contributed by atoms with van der Waals surface area (Å²) in [5.74, 6) is 1.99. The summed E-state index contributed by atoms with van der Waals surface area (Å²) in [5.41, 5.74) is 0. The molecule has 1 aromatic carbocycles.